The average molecular weight is 228 g/mol. The van der Waals surface area contributed by atoms with Gasteiger partial charge in [0.1, 0.15) is 0 Å². The smallest absolute Gasteiger partial charge is 0.374 e. The van der Waals surface area contributed by atoms with Crippen molar-refractivity contribution >= 4 is 8.80 Å². The van der Waals surface area contributed by atoms with E-state index in [9.17, 15) is 0 Å². The van der Waals surface area contributed by atoms with Gasteiger partial charge in [-0.3, -0.25) is 0 Å². The Bertz CT molecular complexity index is 222. The standard InChI is InChI=1S/C11H20O3Si/c1-5-6-7-8-9-10-11-15(12-2,13-3)14-4/h6-11H,5H2,1-4H3/b7-6+,9-8+,11-10+. The largest absolute Gasteiger partial charge is 0.528 e. The molecule has 0 aliphatic heterocycles. The molecular weight excluding hydrogens is 208 g/mol. The summed E-state index contributed by atoms with van der Waals surface area (Å²) in [7, 11) is 2.22. The van der Waals surface area contributed by atoms with Crippen LogP contribution in [0.15, 0.2) is 36.1 Å². The molecule has 0 saturated heterocycles. The van der Waals surface area contributed by atoms with Crippen LogP contribution in [-0.4, -0.2) is 30.1 Å². The van der Waals surface area contributed by atoms with Crippen molar-refractivity contribution in [3.05, 3.63) is 36.1 Å². The molecule has 0 rings (SSSR count). The fourth-order valence-corrected chi connectivity index (χ4v) is 2.23. The Balaban J connectivity index is 4.23. The van der Waals surface area contributed by atoms with Gasteiger partial charge < -0.3 is 13.3 Å². The summed E-state index contributed by atoms with van der Waals surface area (Å²) in [6.07, 6.45) is 10.9. The van der Waals surface area contributed by atoms with Gasteiger partial charge in [-0.15, -0.1) is 0 Å². The minimum absolute atomic E-state index is 1.04. The first kappa shape index (κ1) is 14.3. The second-order valence-electron chi connectivity index (χ2n) is 2.80. The highest BCUT2D eigenvalue weighted by atomic mass is 28.4. The van der Waals surface area contributed by atoms with Crippen LogP contribution in [0.3, 0.4) is 0 Å². The van der Waals surface area contributed by atoms with Gasteiger partial charge in [-0.1, -0.05) is 37.3 Å². The van der Waals surface area contributed by atoms with E-state index < -0.39 is 8.80 Å². The van der Waals surface area contributed by atoms with Crippen molar-refractivity contribution in [1.82, 2.24) is 0 Å². The zero-order valence-corrected chi connectivity index (χ0v) is 10.9. The van der Waals surface area contributed by atoms with Crippen molar-refractivity contribution < 1.29 is 13.3 Å². The van der Waals surface area contributed by atoms with E-state index in [2.05, 4.69) is 13.0 Å². The molecule has 0 aromatic rings. The fraction of sp³-hybridized carbons (Fsp3) is 0.455. The lowest BCUT2D eigenvalue weighted by Crippen LogP contribution is -2.40. The first-order valence-electron chi connectivity index (χ1n) is 4.91. The highest BCUT2D eigenvalue weighted by molar-refractivity contribution is 6.66. The maximum atomic E-state index is 5.22. The van der Waals surface area contributed by atoms with Crippen LogP contribution in [0.2, 0.25) is 0 Å². The van der Waals surface area contributed by atoms with Crippen molar-refractivity contribution in [3.8, 4) is 0 Å². The molecule has 0 atom stereocenters. The van der Waals surface area contributed by atoms with Crippen LogP contribution in [-0.2, 0) is 13.3 Å². The maximum absolute atomic E-state index is 5.22. The first-order chi connectivity index (χ1) is 7.24. The predicted molar refractivity (Wildman–Crippen MR) is 64.5 cm³/mol. The number of hydrogen-bond donors (Lipinski definition) is 0. The Morgan fingerprint density at radius 3 is 1.87 bits per heavy atom. The van der Waals surface area contributed by atoms with Gasteiger partial charge >= 0.3 is 8.80 Å². The van der Waals surface area contributed by atoms with E-state index in [4.69, 9.17) is 13.3 Å². The molecule has 0 saturated carbocycles. The molecule has 0 heterocycles. The van der Waals surface area contributed by atoms with E-state index in [0.29, 0.717) is 0 Å². The number of rotatable bonds is 7. The van der Waals surface area contributed by atoms with Crippen molar-refractivity contribution in [2.75, 3.05) is 21.3 Å². The van der Waals surface area contributed by atoms with Gasteiger partial charge in [0.15, 0.2) is 0 Å². The molecule has 3 nitrogen and oxygen atoms in total. The van der Waals surface area contributed by atoms with Crippen molar-refractivity contribution in [2.45, 2.75) is 13.3 Å². The summed E-state index contributed by atoms with van der Waals surface area (Å²) in [5.74, 6) is 0. The van der Waals surface area contributed by atoms with Gasteiger partial charge in [-0.05, 0) is 12.1 Å². The summed E-state index contributed by atoms with van der Waals surface area (Å²) in [6, 6.07) is 0. The monoisotopic (exact) mass is 228 g/mol. The summed E-state index contributed by atoms with van der Waals surface area (Å²) in [5.41, 5.74) is 1.84. The van der Waals surface area contributed by atoms with Crippen LogP contribution in [0.1, 0.15) is 13.3 Å². The van der Waals surface area contributed by atoms with Crippen molar-refractivity contribution in [1.29, 1.82) is 0 Å². The summed E-state index contributed by atoms with van der Waals surface area (Å²) in [5, 5.41) is 0. The number of hydrogen-bond acceptors (Lipinski definition) is 3. The Hall–Kier alpha value is -0.683. The third-order valence-corrected chi connectivity index (χ3v) is 4.17. The van der Waals surface area contributed by atoms with Crippen LogP contribution in [0.4, 0.5) is 0 Å². The minimum Gasteiger partial charge on any atom is -0.374 e. The van der Waals surface area contributed by atoms with E-state index in [1.165, 1.54) is 0 Å². The van der Waals surface area contributed by atoms with Gasteiger partial charge in [0.25, 0.3) is 0 Å². The third-order valence-electron chi connectivity index (χ3n) is 1.86. The average Bonchev–Trinajstić information content (AvgIpc) is 2.29. The van der Waals surface area contributed by atoms with Crippen molar-refractivity contribution in [2.24, 2.45) is 0 Å². The van der Waals surface area contributed by atoms with Crippen LogP contribution >= 0.6 is 0 Å². The molecule has 0 spiro atoms. The molecule has 0 aliphatic rings. The van der Waals surface area contributed by atoms with E-state index in [1.807, 2.05) is 30.0 Å². The third kappa shape index (κ3) is 5.69. The van der Waals surface area contributed by atoms with Gasteiger partial charge in [-0.2, -0.15) is 0 Å². The quantitative estimate of drug-likeness (QED) is 0.495. The van der Waals surface area contributed by atoms with Crippen LogP contribution in [0.5, 0.6) is 0 Å². The van der Waals surface area contributed by atoms with Gasteiger partial charge in [0.05, 0.1) is 0 Å². The SMILES string of the molecule is CC/C=C/C=C/C=C/[Si](OC)(OC)OC. The second kappa shape index (κ2) is 8.61. The Labute approximate surface area is 93.4 Å². The zero-order chi connectivity index (χ0) is 11.6. The van der Waals surface area contributed by atoms with E-state index in [1.54, 1.807) is 21.3 Å². The van der Waals surface area contributed by atoms with Crippen LogP contribution in [0.25, 0.3) is 0 Å². The normalized spacial score (nSPS) is 13.6. The second-order valence-corrected chi connectivity index (χ2v) is 5.56. The molecule has 0 amide bonds. The molecular formula is C11H20O3Si. The van der Waals surface area contributed by atoms with E-state index >= 15 is 0 Å². The highest BCUT2D eigenvalue weighted by Crippen LogP contribution is 2.07. The summed E-state index contributed by atoms with van der Waals surface area (Å²) in [6.45, 7) is 2.10. The molecule has 86 valence electrons. The molecule has 0 aliphatic carbocycles. The molecule has 0 N–H and O–H groups in total. The van der Waals surface area contributed by atoms with E-state index in [-0.39, 0.29) is 0 Å². The summed E-state index contributed by atoms with van der Waals surface area (Å²) < 4.78 is 15.7. The predicted octanol–water partition coefficient (Wildman–Crippen LogP) is 2.48. The fourth-order valence-electron chi connectivity index (χ4n) is 0.970. The van der Waals surface area contributed by atoms with Gasteiger partial charge in [0.2, 0.25) is 0 Å². The Morgan fingerprint density at radius 2 is 1.40 bits per heavy atom. The molecule has 4 heteroatoms. The molecule has 15 heavy (non-hydrogen) atoms. The lowest BCUT2D eigenvalue weighted by atomic mass is 10.4. The molecule has 0 bridgehead atoms. The number of allylic oxidation sites excluding steroid dienone is 5. The zero-order valence-electron chi connectivity index (χ0n) is 9.90. The Kier molecular flexibility index (Phi) is 8.22. The molecule has 0 aromatic heterocycles. The Morgan fingerprint density at radius 1 is 0.867 bits per heavy atom. The minimum atomic E-state index is -2.54. The van der Waals surface area contributed by atoms with Gasteiger partial charge in [0, 0.05) is 21.3 Å². The van der Waals surface area contributed by atoms with E-state index in [0.717, 1.165) is 6.42 Å². The lowest BCUT2D eigenvalue weighted by molar-refractivity contribution is 0.138. The van der Waals surface area contributed by atoms with Gasteiger partial charge in [-0.25, -0.2) is 0 Å². The molecule has 0 fully saturated rings. The highest BCUT2D eigenvalue weighted by Gasteiger charge is 2.33. The van der Waals surface area contributed by atoms with Crippen LogP contribution in [0, 0.1) is 0 Å². The summed E-state index contributed by atoms with van der Waals surface area (Å²) >= 11 is 0. The molecule has 0 radical (unpaired) electrons. The van der Waals surface area contributed by atoms with Crippen LogP contribution < -0.4 is 0 Å². The topological polar surface area (TPSA) is 27.7 Å². The lowest BCUT2D eigenvalue weighted by Gasteiger charge is -2.19. The van der Waals surface area contributed by atoms with Crippen molar-refractivity contribution in [3.63, 3.8) is 0 Å². The maximum Gasteiger partial charge on any atom is 0.528 e. The first-order valence-corrected chi connectivity index (χ1v) is 6.71. The summed E-state index contributed by atoms with van der Waals surface area (Å²) in [4.78, 5) is 0. The molecule has 0 aromatic carbocycles. The molecule has 0 unspecified atom stereocenters.